The minimum Gasteiger partial charge on any atom is -0.457 e. The van der Waals surface area contributed by atoms with Gasteiger partial charge in [-0.05, 0) is 41.8 Å². The molecule has 0 aliphatic carbocycles. The molecular weight excluding hydrogens is 356 g/mol. The van der Waals surface area contributed by atoms with Crippen molar-refractivity contribution in [3.05, 3.63) is 96.0 Å². The maximum atomic E-state index is 7.66. The molecule has 0 amide bonds. The SMILES string of the molecule is [C-]#[N+]c1cc2oc3ccc(C)c(-c4cccc[n+]4C)c3c2cc1-c1ccccc1. The van der Waals surface area contributed by atoms with Gasteiger partial charge in [0.25, 0.3) is 0 Å². The first kappa shape index (κ1) is 17.2. The van der Waals surface area contributed by atoms with Crippen LogP contribution in [0.25, 0.3) is 49.2 Å². The second kappa shape index (κ2) is 6.61. The number of pyridine rings is 1. The summed E-state index contributed by atoms with van der Waals surface area (Å²) in [7, 11) is 2.06. The van der Waals surface area contributed by atoms with Crippen LogP contribution in [0, 0.1) is 13.5 Å². The van der Waals surface area contributed by atoms with Gasteiger partial charge in [-0.1, -0.05) is 42.5 Å². The zero-order chi connectivity index (χ0) is 20.0. The van der Waals surface area contributed by atoms with Gasteiger partial charge >= 0.3 is 0 Å². The average Bonchev–Trinajstić information content (AvgIpc) is 3.12. The van der Waals surface area contributed by atoms with Gasteiger partial charge in [0.15, 0.2) is 11.9 Å². The van der Waals surface area contributed by atoms with Crippen LogP contribution in [-0.4, -0.2) is 0 Å². The summed E-state index contributed by atoms with van der Waals surface area (Å²) in [6.45, 7) is 9.79. The summed E-state index contributed by atoms with van der Waals surface area (Å²) in [5.74, 6) is 0. The second-order valence-electron chi connectivity index (χ2n) is 7.27. The molecule has 2 aromatic heterocycles. The van der Waals surface area contributed by atoms with Crippen LogP contribution in [0.3, 0.4) is 0 Å². The fourth-order valence-electron chi connectivity index (χ4n) is 4.06. The summed E-state index contributed by atoms with van der Waals surface area (Å²) >= 11 is 0. The maximum absolute atomic E-state index is 7.66. The molecule has 0 atom stereocenters. The Hall–Kier alpha value is -3.90. The fourth-order valence-corrected chi connectivity index (χ4v) is 4.06. The highest BCUT2D eigenvalue weighted by Gasteiger charge is 2.21. The number of benzene rings is 3. The summed E-state index contributed by atoms with van der Waals surface area (Å²) in [5.41, 5.74) is 7.65. The van der Waals surface area contributed by atoms with Crippen molar-refractivity contribution in [2.75, 3.05) is 0 Å². The first-order valence-electron chi connectivity index (χ1n) is 9.55. The zero-order valence-electron chi connectivity index (χ0n) is 16.3. The zero-order valence-corrected chi connectivity index (χ0v) is 16.3. The van der Waals surface area contributed by atoms with Crippen molar-refractivity contribution < 1.29 is 8.98 Å². The van der Waals surface area contributed by atoms with E-state index < -0.39 is 0 Å². The third-order valence-electron chi connectivity index (χ3n) is 5.48. The first-order valence-corrected chi connectivity index (χ1v) is 9.55. The van der Waals surface area contributed by atoms with Crippen LogP contribution >= 0.6 is 0 Å². The summed E-state index contributed by atoms with van der Waals surface area (Å²) in [5, 5.41) is 2.13. The Bertz CT molecular complexity index is 1420. The van der Waals surface area contributed by atoms with Gasteiger partial charge in [0.1, 0.15) is 18.2 Å². The Kier molecular flexibility index (Phi) is 3.93. The van der Waals surface area contributed by atoms with E-state index in [1.54, 1.807) is 0 Å². The Morgan fingerprint density at radius 1 is 0.897 bits per heavy atom. The predicted molar refractivity (Wildman–Crippen MR) is 117 cm³/mol. The van der Waals surface area contributed by atoms with Gasteiger partial charge in [0.2, 0.25) is 5.69 Å². The molecule has 0 unspecified atom stereocenters. The second-order valence-corrected chi connectivity index (χ2v) is 7.27. The number of aryl methyl sites for hydroxylation is 2. The molecule has 0 radical (unpaired) electrons. The standard InChI is InChI=1S/C26H19N2O/c1-17-12-13-23-26(25(17)22-11-7-8-14-28(22)3)20-15-19(18-9-5-4-6-10-18)21(27-2)16-24(20)29-23/h4-16H,1,3H3/q+1. The number of rotatable bonds is 2. The molecule has 2 heterocycles. The number of hydrogen-bond acceptors (Lipinski definition) is 1. The van der Waals surface area contributed by atoms with Crippen LogP contribution < -0.4 is 4.57 Å². The molecular formula is C26H19N2O+. The molecule has 3 nitrogen and oxygen atoms in total. The highest BCUT2D eigenvalue weighted by atomic mass is 16.3. The molecule has 3 heteroatoms. The normalized spacial score (nSPS) is 11.1. The lowest BCUT2D eigenvalue weighted by Gasteiger charge is -2.07. The average molecular weight is 375 g/mol. The Balaban J connectivity index is 1.92. The molecule has 29 heavy (non-hydrogen) atoms. The van der Waals surface area contributed by atoms with E-state index in [0.29, 0.717) is 5.69 Å². The molecule has 0 bridgehead atoms. The minimum absolute atomic E-state index is 0.603. The van der Waals surface area contributed by atoms with Crippen LogP contribution in [0.4, 0.5) is 5.69 Å². The lowest BCUT2D eigenvalue weighted by molar-refractivity contribution is -0.660. The van der Waals surface area contributed by atoms with E-state index in [-0.39, 0.29) is 0 Å². The Morgan fingerprint density at radius 3 is 2.45 bits per heavy atom. The van der Waals surface area contributed by atoms with Crippen LogP contribution in [0.1, 0.15) is 5.56 Å². The topological polar surface area (TPSA) is 21.4 Å². The minimum atomic E-state index is 0.603. The van der Waals surface area contributed by atoms with Gasteiger partial charge in [-0.25, -0.2) is 9.41 Å². The highest BCUT2D eigenvalue weighted by Crippen LogP contribution is 2.42. The van der Waals surface area contributed by atoms with E-state index in [1.165, 1.54) is 11.1 Å². The summed E-state index contributed by atoms with van der Waals surface area (Å²) in [6, 6.07) is 24.4. The van der Waals surface area contributed by atoms with Crippen molar-refractivity contribution in [1.29, 1.82) is 0 Å². The highest BCUT2D eigenvalue weighted by molar-refractivity contribution is 6.14. The van der Waals surface area contributed by atoms with Crippen molar-refractivity contribution in [2.45, 2.75) is 6.92 Å². The molecule has 0 spiro atoms. The third kappa shape index (κ3) is 2.69. The molecule has 0 fully saturated rings. The van der Waals surface area contributed by atoms with Gasteiger partial charge in [-0.15, -0.1) is 0 Å². The van der Waals surface area contributed by atoms with Gasteiger partial charge < -0.3 is 4.42 Å². The number of fused-ring (bicyclic) bond motifs is 3. The van der Waals surface area contributed by atoms with Crippen LogP contribution in [0.5, 0.6) is 0 Å². The van der Waals surface area contributed by atoms with Gasteiger partial charge in [-0.3, -0.25) is 0 Å². The number of furan rings is 1. The van der Waals surface area contributed by atoms with Gasteiger partial charge in [0.05, 0.1) is 12.1 Å². The van der Waals surface area contributed by atoms with Crippen molar-refractivity contribution in [3.63, 3.8) is 0 Å². The van der Waals surface area contributed by atoms with E-state index in [1.807, 2.05) is 48.5 Å². The third-order valence-corrected chi connectivity index (χ3v) is 5.48. The van der Waals surface area contributed by atoms with Gasteiger partial charge in [-0.2, -0.15) is 0 Å². The fraction of sp³-hybridized carbons (Fsp3) is 0.0769. The van der Waals surface area contributed by atoms with Crippen molar-refractivity contribution in [2.24, 2.45) is 7.05 Å². The van der Waals surface area contributed by atoms with Crippen LogP contribution in [0.2, 0.25) is 0 Å². The predicted octanol–water partition coefficient (Wildman–Crippen LogP) is 6.60. The Labute approximate surface area is 169 Å². The van der Waals surface area contributed by atoms with Crippen molar-refractivity contribution in [3.8, 4) is 22.4 Å². The smallest absolute Gasteiger partial charge is 0.213 e. The number of nitrogens with zero attached hydrogens (tertiary/aromatic N) is 2. The lowest BCUT2D eigenvalue weighted by Crippen LogP contribution is -2.30. The van der Waals surface area contributed by atoms with Gasteiger partial charge in [0, 0.05) is 22.9 Å². The van der Waals surface area contributed by atoms with E-state index in [4.69, 9.17) is 11.0 Å². The van der Waals surface area contributed by atoms with E-state index in [2.05, 4.69) is 53.8 Å². The monoisotopic (exact) mass is 375 g/mol. The van der Waals surface area contributed by atoms with Crippen molar-refractivity contribution >= 4 is 27.6 Å². The summed E-state index contributed by atoms with van der Waals surface area (Å²) in [6.07, 6.45) is 2.06. The Morgan fingerprint density at radius 2 is 1.69 bits per heavy atom. The van der Waals surface area contributed by atoms with E-state index >= 15 is 0 Å². The molecule has 0 N–H and O–H groups in total. The number of hydrogen-bond donors (Lipinski definition) is 0. The molecule has 0 aliphatic heterocycles. The van der Waals surface area contributed by atoms with Crippen LogP contribution in [0.15, 0.2) is 83.4 Å². The maximum Gasteiger partial charge on any atom is 0.213 e. The lowest BCUT2D eigenvalue weighted by atomic mass is 9.95. The largest absolute Gasteiger partial charge is 0.457 e. The van der Waals surface area contributed by atoms with E-state index in [0.717, 1.165) is 38.8 Å². The quantitative estimate of drug-likeness (QED) is 0.251. The first-order chi connectivity index (χ1) is 14.2. The van der Waals surface area contributed by atoms with Crippen molar-refractivity contribution in [1.82, 2.24) is 0 Å². The summed E-state index contributed by atoms with van der Waals surface area (Å²) in [4.78, 5) is 3.77. The molecule has 5 aromatic rings. The molecule has 0 aliphatic rings. The van der Waals surface area contributed by atoms with E-state index in [9.17, 15) is 0 Å². The molecule has 0 saturated heterocycles. The number of aromatic nitrogens is 1. The molecule has 138 valence electrons. The van der Waals surface area contributed by atoms with Crippen LogP contribution in [-0.2, 0) is 7.05 Å². The molecule has 5 rings (SSSR count). The molecule has 0 saturated carbocycles. The summed E-state index contributed by atoms with van der Waals surface area (Å²) < 4.78 is 8.32. The molecule has 3 aromatic carbocycles.